The van der Waals surface area contributed by atoms with Gasteiger partial charge in [-0.05, 0) is 30.7 Å². The lowest BCUT2D eigenvalue weighted by Crippen LogP contribution is -2.02. The number of benzene rings is 1. The van der Waals surface area contributed by atoms with E-state index in [1.165, 1.54) is 6.07 Å². The summed E-state index contributed by atoms with van der Waals surface area (Å²) < 4.78 is 5.55. The highest BCUT2D eigenvalue weighted by Crippen LogP contribution is 2.38. The Morgan fingerprint density at radius 3 is 3.06 bits per heavy atom. The third kappa shape index (κ3) is 1.44. The number of carboxylic acids is 1. The molecule has 0 bridgehead atoms. The number of nitrogen functional groups attached to an aromatic ring is 1. The maximum absolute atomic E-state index is 11.0. The molecule has 0 spiro atoms. The number of nitrogens with two attached hydrogens (primary N) is 1. The van der Waals surface area contributed by atoms with Gasteiger partial charge in [0.15, 0.2) is 0 Å². The molecule has 0 saturated carbocycles. The molecule has 1 aromatic heterocycles. The maximum Gasteiger partial charge on any atom is 0.335 e. The topological polar surface area (TPSA) is 85.4 Å². The van der Waals surface area contributed by atoms with Gasteiger partial charge in [0.05, 0.1) is 23.8 Å². The summed E-state index contributed by atoms with van der Waals surface area (Å²) in [6.45, 7) is 2.36. The molecule has 0 saturated heterocycles. The van der Waals surface area contributed by atoms with Crippen LogP contribution in [0.1, 0.15) is 34.5 Å². The summed E-state index contributed by atoms with van der Waals surface area (Å²) in [7, 11) is 0. The largest absolute Gasteiger partial charge is 0.478 e. The van der Waals surface area contributed by atoms with Crippen LogP contribution in [0, 0.1) is 0 Å². The Labute approximate surface area is 103 Å². The molecule has 0 radical (unpaired) electrons. The van der Waals surface area contributed by atoms with E-state index in [-0.39, 0.29) is 11.7 Å². The van der Waals surface area contributed by atoms with E-state index in [4.69, 9.17) is 15.6 Å². The van der Waals surface area contributed by atoms with Gasteiger partial charge in [0.1, 0.15) is 5.82 Å². The fourth-order valence-corrected chi connectivity index (χ4v) is 2.40. The van der Waals surface area contributed by atoms with Crippen LogP contribution in [0.25, 0.3) is 10.9 Å². The van der Waals surface area contributed by atoms with E-state index in [0.717, 1.165) is 16.5 Å². The summed E-state index contributed by atoms with van der Waals surface area (Å²) in [5.41, 5.74) is 8.70. The summed E-state index contributed by atoms with van der Waals surface area (Å²) in [5.74, 6) is -0.486. The van der Waals surface area contributed by atoms with Crippen LogP contribution in [0.4, 0.5) is 5.82 Å². The number of ether oxygens (including phenoxy) is 1. The van der Waals surface area contributed by atoms with Crippen LogP contribution in [0.15, 0.2) is 18.2 Å². The van der Waals surface area contributed by atoms with Crippen molar-refractivity contribution in [1.29, 1.82) is 0 Å². The van der Waals surface area contributed by atoms with Crippen LogP contribution >= 0.6 is 0 Å². The molecule has 1 atom stereocenters. The first-order valence-electron chi connectivity index (χ1n) is 5.65. The SMILES string of the molecule is CC1OCc2c1c(N)nc1ccc(C(=O)O)cc21. The average molecular weight is 244 g/mol. The zero-order valence-electron chi connectivity index (χ0n) is 9.80. The Balaban J connectivity index is 2.35. The number of fused-ring (bicyclic) bond motifs is 3. The summed E-state index contributed by atoms with van der Waals surface area (Å²) in [6.07, 6.45) is -0.0922. The molecule has 5 nitrogen and oxygen atoms in total. The minimum absolute atomic E-state index is 0.0922. The van der Waals surface area contributed by atoms with E-state index in [2.05, 4.69) is 4.98 Å². The van der Waals surface area contributed by atoms with Gasteiger partial charge < -0.3 is 15.6 Å². The van der Waals surface area contributed by atoms with Crippen molar-refractivity contribution < 1.29 is 14.6 Å². The first-order chi connectivity index (χ1) is 8.58. The van der Waals surface area contributed by atoms with Crippen molar-refractivity contribution in [3.8, 4) is 0 Å². The van der Waals surface area contributed by atoms with Gasteiger partial charge in [0.2, 0.25) is 0 Å². The summed E-state index contributed by atoms with van der Waals surface area (Å²) in [6, 6.07) is 4.84. The normalized spacial score (nSPS) is 17.9. The number of rotatable bonds is 1. The molecule has 0 amide bonds. The van der Waals surface area contributed by atoms with E-state index >= 15 is 0 Å². The van der Waals surface area contributed by atoms with Gasteiger partial charge in [-0.3, -0.25) is 0 Å². The number of aromatic nitrogens is 1. The molecule has 1 aliphatic heterocycles. The molecular weight excluding hydrogens is 232 g/mol. The summed E-state index contributed by atoms with van der Waals surface area (Å²) in [5, 5.41) is 9.83. The summed E-state index contributed by atoms with van der Waals surface area (Å²) in [4.78, 5) is 15.3. The predicted molar refractivity (Wildman–Crippen MR) is 66.3 cm³/mol. The Morgan fingerprint density at radius 2 is 2.33 bits per heavy atom. The molecule has 0 aliphatic carbocycles. The number of carbonyl (C=O) groups is 1. The molecule has 3 N–H and O–H groups in total. The van der Waals surface area contributed by atoms with Crippen LogP contribution in [0.5, 0.6) is 0 Å². The van der Waals surface area contributed by atoms with E-state index in [0.29, 0.717) is 17.9 Å². The lowest BCUT2D eigenvalue weighted by Gasteiger charge is -2.09. The molecular formula is C13H12N2O3. The van der Waals surface area contributed by atoms with Crippen molar-refractivity contribution in [2.75, 3.05) is 5.73 Å². The maximum atomic E-state index is 11.0. The lowest BCUT2D eigenvalue weighted by molar-refractivity contribution is 0.0696. The van der Waals surface area contributed by atoms with Crippen LogP contribution in [-0.4, -0.2) is 16.1 Å². The highest BCUT2D eigenvalue weighted by Gasteiger charge is 2.25. The van der Waals surface area contributed by atoms with Gasteiger partial charge in [0, 0.05) is 10.9 Å². The number of aromatic carboxylic acids is 1. The number of nitrogens with zero attached hydrogens (tertiary/aromatic N) is 1. The fourth-order valence-electron chi connectivity index (χ4n) is 2.40. The standard InChI is InChI=1S/C13H12N2O3/c1-6-11-9(5-18-6)8-4-7(13(16)17)2-3-10(8)15-12(11)14/h2-4,6H,5H2,1H3,(H2,14,15)(H,16,17). The molecule has 1 unspecified atom stereocenters. The molecule has 5 heteroatoms. The molecule has 1 aromatic carbocycles. The first kappa shape index (κ1) is 11.0. The molecule has 92 valence electrons. The van der Waals surface area contributed by atoms with Gasteiger partial charge in [-0.1, -0.05) is 0 Å². The van der Waals surface area contributed by atoms with E-state index < -0.39 is 5.97 Å². The number of carboxylic acid groups (broad SMARTS) is 1. The van der Waals surface area contributed by atoms with Crippen LogP contribution in [-0.2, 0) is 11.3 Å². The number of hydrogen-bond donors (Lipinski definition) is 2. The lowest BCUT2D eigenvalue weighted by atomic mass is 10.0. The number of pyridine rings is 1. The van der Waals surface area contributed by atoms with E-state index in [9.17, 15) is 4.79 Å². The predicted octanol–water partition coefficient (Wildman–Crippen LogP) is 2.11. The second-order valence-electron chi connectivity index (χ2n) is 4.38. The highest BCUT2D eigenvalue weighted by molar-refractivity contribution is 5.95. The smallest absolute Gasteiger partial charge is 0.335 e. The second kappa shape index (κ2) is 3.68. The molecule has 3 rings (SSSR count). The van der Waals surface area contributed by atoms with Gasteiger partial charge in [0.25, 0.3) is 0 Å². The van der Waals surface area contributed by atoms with Crippen molar-refractivity contribution in [3.05, 3.63) is 34.9 Å². The molecule has 1 aliphatic rings. The van der Waals surface area contributed by atoms with Gasteiger partial charge >= 0.3 is 5.97 Å². The fraction of sp³-hybridized carbons (Fsp3) is 0.231. The monoisotopic (exact) mass is 244 g/mol. The van der Waals surface area contributed by atoms with Crippen LogP contribution in [0.3, 0.4) is 0 Å². The van der Waals surface area contributed by atoms with Crippen LogP contribution in [0.2, 0.25) is 0 Å². The minimum Gasteiger partial charge on any atom is -0.478 e. The third-order valence-corrected chi connectivity index (χ3v) is 3.29. The Kier molecular flexibility index (Phi) is 2.24. The zero-order valence-corrected chi connectivity index (χ0v) is 9.80. The molecule has 2 heterocycles. The molecule has 2 aromatic rings. The van der Waals surface area contributed by atoms with Crippen molar-refractivity contribution in [2.24, 2.45) is 0 Å². The Bertz CT molecular complexity index is 667. The quantitative estimate of drug-likeness (QED) is 0.802. The van der Waals surface area contributed by atoms with Crippen molar-refractivity contribution in [1.82, 2.24) is 4.98 Å². The van der Waals surface area contributed by atoms with Crippen molar-refractivity contribution >= 4 is 22.7 Å². The van der Waals surface area contributed by atoms with E-state index in [1.54, 1.807) is 12.1 Å². The molecule has 0 fully saturated rings. The van der Waals surface area contributed by atoms with E-state index in [1.807, 2.05) is 6.92 Å². The number of anilines is 1. The third-order valence-electron chi connectivity index (χ3n) is 3.29. The highest BCUT2D eigenvalue weighted by atomic mass is 16.5. The van der Waals surface area contributed by atoms with Crippen LogP contribution < -0.4 is 5.73 Å². The molecule has 18 heavy (non-hydrogen) atoms. The Morgan fingerprint density at radius 1 is 1.56 bits per heavy atom. The van der Waals surface area contributed by atoms with Gasteiger partial charge in [-0.2, -0.15) is 0 Å². The van der Waals surface area contributed by atoms with Gasteiger partial charge in [-0.25, -0.2) is 9.78 Å². The van der Waals surface area contributed by atoms with Crippen molar-refractivity contribution in [2.45, 2.75) is 19.6 Å². The average Bonchev–Trinajstić information content (AvgIpc) is 2.72. The minimum atomic E-state index is -0.950. The summed E-state index contributed by atoms with van der Waals surface area (Å²) >= 11 is 0. The van der Waals surface area contributed by atoms with Gasteiger partial charge in [-0.15, -0.1) is 0 Å². The van der Waals surface area contributed by atoms with Crippen molar-refractivity contribution in [3.63, 3.8) is 0 Å². The zero-order chi connectivity index (χ0) is 12.9. The Hall–Kier alpha value is -2.14. The number of hydrogen-bond acceptors (Lipinski definition) is 4. The second-order valence-corrected chi connectivity index (χ2v) is 4.38. The first-order valence-corrected chi connectivity index (χ1v) is 5.65.